The molecule has 3 N–H and O–H groups in total. The van der Waals surface area contributed by atoms with Crippen molar-refractivity contribution in [2.45, 2.75) is 63.5 Å². The summed E-state index contributed by atoms with van der Waals surface area (Å²) < 4.78 is 32.0. The molecule has 0 radical (unpaired) electrons. The fraction of sp³-hybridized carbons (Fsp3) is 0.440. The summed E-state index contributed by atoms with van der Waals surface area (Å²) in [4.78, 5) is 43.8. The van der Waals surface area contributed by atoms with Crippen LogP contribution in [-0.4, -0.2) is 55.4 Å². The third kappa shape index (κ3) is 7.26. The largest absolute Gasteiger partial charge is 0.444 e. The number of aryl methyl sites for hydroxylation is 1. The van der Waals surface area contributed by atoms with Crippen molar-refractivity contribution >= 4 is 39.4 Å². The highest BCUT2D eigenvalue weighted by Gasteiger charge is 2.32. The molecular formula is C25H33N5O6S. The number of hydrogen-bond acceptors (Lipinski definition) is 7. The maximum Gasteiger partial charge on any atom is 0.413 e. The lowest BCUT2D eigenvalue weighted by molar-refractivity contribution is -0.145. The van der Waals surface area contributed by atoms with Crippen molar-refractivity contribution in [2.24, 2.45) is 0 Å². The first-order valence-corrected chi connectivity index (χ1v) is 13.4. The van der Waals surface area contributed by atoms with Crippen LogP contribution in [0.2, 0.25) is 0 Å². The number of pyridine rings is 1. The molecule has 1 aliphatic rings. The van der Waals surface area contributed by atoms with Crippen LogP contribution in [0.15, 0.2) is 41.4 Å². The predicted molar refractivity (Wildman–Crippen MR) is 138 cm³/mol. The van der Waals surface area contributed by atoms with Gasteiger partial charge in [-0.25, -0.2) is 22.9 Å². The SMILES string of the molecule is CNS(=O)(=O)c1cccc([C@@H]2CCCCN2C(=O)C(=O)Nc2cnc(NC(=O)OC(C)(C)C)c(C)c2)c1. The van der Waals surface area contributed by atoms with E-state index >= 15 is 0 Å². The van der Waals surface area contributed by atoms with Crippen molar-refractivity contribution in [1.82, 2.24) is 14.6 Å². The Morgan fingerprint density at radius 3 is 2.49 bits per heavy atom. The molecule has 0 bridgehead atoms. The van der Waals surface area contributed by atoms with Gasteiger partial charge in [0.2, 0.25) is 10.0 Å². The standard InChI is InChI=1S/C25H33N5O6S/c1-16-13-18(15-27-21(16)29-24(33)36-25(2,3)4)28-22(31)23(32)30-12-7-6-11-20(30)17-9-8-10-19(14-17)37(34,35)26-5/h8-10,13-15,20,26H,6-7,11-12H2,1-5H3,(H,28,31)(H,27,29,33)/t20-/m0/s1. The average Bonchev–Trinajstić information content (AvgIpc) is 2.84. The van der Waals surface area contributed by atoms with E-state index in [9.17, 15) is 22.8 Å². The van der Waals surface area contributed by atoms with Gasteiger partial charge >= 0.3 is 17.9 Å². The number of ether oxygens (including phenoxy) is 1. The fourth-order valence-electron chi connectivity index (χ4n) is 4.02. The van der Waals surface area contributed by atoms with E-state index in [1.807, 2.05) is 0 Å². The zero-order valence-corrected chi connectivity index (χ0v) is 22.4. The zero-order chi connectivity index (χ0) is 27.4. The molecule has 200 valence electrons. The number of amides is 3. The number of carbonyl (C=O) groups excluding carboxylic acids is 3. The molecule has 37 heavy (non-hydrogen) atoms. The number of carbonyl (C=O) groups is 3. The number of sulfonamides is 1. The van der Waals surface area contributed by atoms with E-state index < -0.39 is 39.6 Å². The normalized spacial score (nSPS) is 16.1. The highest BCUT2D eigenvalue weighted by atomic mass is 32.2. The van der Waals surface area contributed by atoms with Gasteiger partial charge in [0.25, 0.3) is 0 Å². The Morgan fingerprint density at radius 2 is 1.84 bits per heavy atom. The summed E-state index contributed by atoms with van der Waals surface area (Å²) in [6.07, 6.45) is 2.86. The first-order chi connectivity index (χ1) is 17.3. The topological polar surface area (TPSA) is 147 Å². The third-order valence-corrected chi connectivity index (χ3v) is 7.15. The Kier molecular flexibility index (Phi) is 8.54. The number of nitrogens with zero attached hydrogens (tertiary/aromatic N) is 2. The molecule has 0 aliphatic carbocycles. The summed E-state index contributed by atoms with van der Waals surface area (Å²) in [6.45, 7) is 7.31. The lowest BCUT2D eigenvalue weighted by atomic mass is 9.95. The van der Waals surface area contributed by atoms with Crippen LogP contribution >= 0.6 is 0 Å². The number of anilines is 2. The van der Waals surface area contributed by atoms with Gasteiger partial charge in [-0.3, -0.25) is 14.9 Å². The van der Waals surface area contributed by atoms with Crippen molar-refractivity contribution in [1.29, 1.82) is 0 Å². The maximum atomic E-state index is 13.1. The van der Waals surface area contributed by atoms with Crippen LogP contribution in [0.3, 0.4) is 0 Å². The minimum absolute atomic E-state index is 0.0940. The maximum absolute atomic E-state index is 13.1. The van der Waals surface area contributed by atoms with Crippen molar-refractivity contribution in [3.63, 3.8) is 0 Å². The summed E-state index contributed by atoms with van der Waals surface area (Å²) in [5.41, 5.74) is 0.837. The highest BCUT2D eigenvalue weighted by Crippen LogP contribution is 2.32. The van der Waals surface area contributed by atoms with Gasteiger partial charge in [-0.05, 0) is 83.3 Å². The second kappa shape index (κ2) is 11.3. The van der Waals surface area contributed by atoms with Gasteiger partial charge in [0, 0.05) is 6.54 Å². The molecule has 1 fully saturated rings. The number of hydrogen-bond donors (Lipinski definition) is 3. The van der Waals surface area contributed by atoms with E-state index in [0.717, 1.165) is 12.8 Å². The van der Waals surface area contributed by atoms with Gasteiger partial charge in [-0.1, -0.05) is 12.1 Å². The van der Waals surface area contributed by atoms with E-state index in [4.69, 9.17) is 4.74 Å². The van der Waals surface area contributed by atoms with Crippen molar-refractivity contribution in [3.8, 4) is 0 Å². The van der Waals surface area contributed by atoms with Gasteiger partial charge in [0.15, 0.2) is 0 Å². The number of nitrogens with one attached hydrogen (secondary N) is 3. The summed E-state index contributed by atoms with van der Waals surface area (Å²) >= 11 is 0. The van der Waals surface area contributed by atoms with E-state index in [2.05, 4.69) is 20.3 Å². The monoisotopic (exact) mass is 531 g/mol. The molecule has 1 aliphatic heterocycles. The number of likely N-dealkylation sites (tertiary alicyclic amines) is 1. The van der Waals surface area contributed by atoms with Crippen molar-refractivity contribution < 1.29 is 27.5 Å². The van der Waals surface area contributed by atoms with E-state index in [1.54, 1.807) is 45.9 Å². The van der Waals surface area contributed by atoms with Gasteiger partial charge in [-0.15, -0.1) is 0 Å². The molecule has 1 atom stereocenters. The molecule has 2 aromatic rings. The number of rotatable bonds is 5. The summed E-state index contributed by atoms with van der Waals surface area (Å²) in [7, 11) is -2.32. The van der Waals surface area contributed by atoms with Crippen LogP contribution in [0, 0.1) is 6.92 Å². The Hall–Kier alpha value is -3.51. The molecule has 3 amide bonds. The molecule has 1 saturated heterocycles. The summed E-state index contributed by atoms with van der Waals surface area (Å²) in [5.74, 6) is -1.29. The molecule has 2 heterocycles. The van der Waals surface area contributed by atoms with Crippen LogP contribution in [0.1, 0.15) is 57.2 Å². The Labute approximate surface area is 217 Å². The minimum Gasteiger partial charge on any atom is -0.444 e. The van der Waals surface area contributed by atoms with Gasteiger partial charge in [-0.2, -0.15) is 0 Å². The fourth-order valence-corrected chi connectivity index (χ4v) is 4.80. The van der Waals surface area contributed by atoms with Gasteiger partial charge < -0.3 is 15.0 Å². The van der Waals surface area contributed by atoms with Crippen LogP contribution in [0.4, 0.5) is 16.3 Å². The molecular weight excluding hydrogens is 498 g/mol. The number of benzene rings is 1. The van der Waals surface area contributed by atoms with E-state index in [1.165, 1.54) is 30.3 Å². The van der Waals surface area contributed by atoms with Crippen LogP contribution in [0.5, 0.6) is 0 Å². The molecule has 3 rings (SSSR count). The first kappa shape index (κ1) is 28.1. The van der Waals surface area contributed by atoms with Crippen LogP contribution < -0.4 is 15.4 Å². The van der Waals surface area contributed by atoms with E-state index in [0.29, 0.717) is 29.8 Å². The van der Waals surface area contributed by atoms with Crippen LogP contribution in [0.25, 0.3) is 0 Å². The zero-order valence-electron chi connectivity index (χ0n) is 21.6. The molecule has 0 unspecified atom stereocenters. The number of piperidine rings is 1. The second-order valence-electron chi connectivity index (χ2n) is 9.76. The Balaban J connectivity index is 1.73. The lowest BCUT2D eigenvalue weighted by Crippen LogP contribution is -2.44. The predicted octanol–water partition coefficient (Wildman–Crippen LogP) is 3.34. The quantitative estimate of drug-likeness (QED) is 0.502. The Bertz CT molecular complexity index is 1290. The lowest BCUT2D eigenvalue weighted by Gasteiger charge is -2.35. The molecule has 12 heteroatoms. The highest BCUT2D eigenvalue weighted by molar-refractivity contribution is 7.89. The summed E-state index contributed by atoms with van der Waals surface area (Å²) in [6, 6.07) is 7.55. The Morgan fingerprint density at radius 1 is 1.11 bits per heavy atom. The van der Waals surface area contributed by atoms with Gasteiger partial charge in [0.1, 0.15) is 11.4 Å². The third-order valence-electron chi connectivity index (χ3n) is 5.74. The van der Waals surface area contributed by atoms with Crippen molar-refractivity contribution in [3.05, 3.63) is 47.7 Å². The average molecular weight is 532 g/mol. The smallest absolute Gasteiger partial charge is 0.413 e. The minimum atomic E-state index is -3.65. The second-order valence-corrected chi connectivity index (χ2v) is 11.6. The summed E-state index contributed by atoms with van der Waals surface area (Å²) in [5, 5.41) is 5.13. The number of aromatic nitrogens is 1. The molecule has 1 aromatic carbocycles. The molecule has 1 aromatic heterocycles. The first-order valence-electron chi connectivity index (χ1n) is 11.9. The van der Waals surface area contributed by atoms with Crippen molar-refractivity contribution in [2.75, 3.05) is 24.2 Å². The molecule has 0 spiro atoms. The van der Waals surface area contributed by atoms with Gasteiger partial charge in [0.05, 0.1) is 22.8 Å². The van der Waals surface area contributed by atoms with Crippen LogP contribution in [-0.2, 0) is 24.3 Å². The molecule has 0 saturated carbocycles. The van der Waals surface area contributed by atoms with E-state index in [-0.39, 0.29) is 10.7 Å². The molecule has 11 nitrogen and oxygen atoms in total.